The van der Waals surface area contributed by atoms with Crippen molar-refractivity contribution in [2.75, 3.05) is 20.8 Å². The molecular formula is C13H18O3. The van der Waals surface area contributed by atoms with Crippen LogP contribution in [-0.2, 0) is 16.8 Å². The summed E-state index contributed by atoms with van der Waals surface area (Å²) in [5, 5.41) is 10.6. The lowest BCUT2D eigenvalue weighted by Crippen LogP contribution is -2.35. The van der Waals surface area contributed by atoms with E-state index in [-0.39, 0.29) is 0 Å². The average Bonchev–Trinajstić information content (AvgIpc) is 2.29. The number of benzene rings is 1. The summed E-state index contributed by atoms with van der Waals surface area (Å²) in [6.45, 7) is 0.340. The van der Waals surface area contributed by atoms with Crippen molar-refractivity contribution in [3.8, 4) is 5.75 Å². The van der Waals surface area contributed by atoms with Gasteiger partial charge in [0, 0.05) is 12.7 Å². The fourth-order valence-corrected chi connectivity index (χ4v) is 2.53. The Labute approximate surface area is 96.0 Å². The van der Waals surface area contributed by atoms with E-state index in [0.717, 1.165) is 36.1 Å². The predicted octanol–water partition coefficient (Wildman–Crippen LogP) is 1.87. The molecule has 0 spiro atoms. The molecule has 1 aromatic carbocycles. The van der Waals surface area contributed by atoms with Gasteiger partial charge in [-0.05, 0) is 30.9 Å². The maximum absolute atomic E-state index is 10.6. The summed E-state index contributed by atoms with van der Waals surface area (Å²) in [6, 6.07) is 5.83. The molecule has 16 heavy (non-hydrogen) atoms. The summed E-state index contributed by atoms with van der Waals surface area (Å²) in [7, 11) is 3.28. The van der Waals surface area contributed by atoms with Gasteiger partial charge >= 0.3 is 0 Å². The molecule has 0 aliphatic heterocycles. The molecule has 0 bridgehead atoms. The van der Waals surface area contributed by atoms with Crippen LogP contribution < -0.4 is 4.74 Å². The quantitative estimate of drug-likeness (QED) is 0.848. The highest BCUT2D eigenvalue weighted by Crippen LogP contribution is 2.39. The van der Waals surface area contributed by atoms with E-state index in [1.807, 2.05) is 18.2 Å². The van der Waals surface area contributed by atoms with Gasteiger partial charge in [0.1, 0.15) is 11.4 Å². The van der Waals surface area contributed by atoms with Crippen molar-refractivity contribution >= 4 is 0 Å². The van der Waals surface area contributed by atoms with Gasteiger partial charge in [-0.3, -0.25) is 0 Å². The van der Waals surface area contributed by atoms with Crippen LogP contribution >= 0.6 is 0 Å². The number of fused-ring (bicyclic) bond motifs is 1. The first-order valence-electron chi connectivity index (χ1n) is 5.59. The SMILES string of the molecule is COCC1(O)CCCc2c(OC)cccc21. The molecule has 3 nitrogen and oxygen atoms in total. The molecule has 1 atom stereocenters. The molecular weight excluding hydrogens is 204 g/mol. The van der Waals surface area contributed by atoms with E-state index in [4.69, 9.17) is 9.47 Å². The van der Waals surface area contributed by atoms with Crippen LogP contribution in [0.25, 0.3) is 0 Å². The number of hydrogen-bond acceptors (Lipinski definition) is 3. The molecule has 0 amide bonds. The van der Waals surface area contributed by atoms with Crippen molar-refractivity contribution in [1.82, 2.24) is 0 Å². The number of aliphatic hydroxyl groups is 1. The van der Waals surface area contributed by atoms with Gasteiger partial charge in [0.25, 0.3) is 0 Å². The van der Waals surface area contributed by atoms with Gasteiger partial charge in [0.2, 0.25) is 0 Å². The second kappa shape index (κ2) is 4.44. The predicted molar refractivity (Wildman–Crippen MR) is 61.7 cm³/mol. The van der Waals surface area contributed by atoms with E-state index < -0.39 is 5.60 Å². The Morgan fingerprint density at radius 1 is 1.38 bits per heavy atom. The van der Waals surface area contributed by atoms with E-state index in [1.165, 1.54) is 0 Å². The second-order valence-electron chi connectivity index (χ2n) is 4.30. The molecule has 2 rings (SSSR count). The first kappa shape index (κ1) is 11.4. The average molecular weight is 222 g/mol. The van der Waals surface area contributed by atoms with Gasteiger partial charge in [0.15, 0.2) is 0 Å². The van der Waals surface area contributed by atoms with Gasteiger partial charge in [-0.15, -0.1) is 0 Å². The zero-order chi connectivity index (χ0) is 11.6. The first-order valence-corrected chi connectivity index (χ1v) is 5.59. The molecule has 88 valence electrons. The largest absolute Gasteiger partial charge is 0.496 e. The zero-order valence-corrected chi connectivity index (χ0v) is 9.82. The van der Waals surface area contributed by atoms with Crippen LogP contribution in [0.3, 0.4) is 0 Å². The molecule has 3 heteroatoms. The Balaban J connectivity index is 2.46. The summed E-state index contributed by atoms with van der Waals surface area (Å²) in [5.41, 5.74) is 1.23. The van der Waals surface area contributed by atoms with Crippen LogP contribution in [0.2, 0.25) is 0 Å². The Morgan fingerprint density at radius 2 is 2.19 bits per heavy atom. The molecule has 1 aliphatic rings. The van der Waals surface area contributed by atoms with Crippen molar-refractivity contribution in [1.29, 1.82) is 0 Å². The van der Waals surface area contributed by atoms with E-state index in [1.54, 1.807) is 14.2 Å². The van der Waals surface area contributed by atoms with E-state index in [9.17, 15) is 5.11 Å². The second-order valence-corrected chi connectivity index (χ2v) is 4.30. The Kier molecular flexibility index (Phi) is 3.17. The third kappa shape index (κ3) is 1.81. The van der Waals surface area contributed by atoms with Crippen molar-refractivity contribution < 1.29 is 14.6 Å². The summed E-state index contributed by atoms with van der Waals surface area (Å²) in [4.78, 5) is 0. The number of hydrogen-bond donors (Lipinski definition) is 1. The Morgan fingerprint density at radius 3 is 2.88 bits per heavy atom. The molecule has 1 unspecified atom stereocenters. The smallest absolute Gasteiger partial charge is 0.122 e. The molecule has 1 N–H and O–H groups in total. The third-order valence-corrected chi connectivity index (χ3v) is 3.25. The molecule has 0 saturated carbocycles. The highest BCUT2D eigenvalue weighted by atomic mass is 16.5. The minimum Gasteiger partial charge on any atom is -0.496 e. The summed E-state index contributed by atoms with van der Waals surface area (Å²) in [6.07, 6.45) is 2.68. The number of methoxy groups -OCH3 is 2. The Bertz CT molecular complexity index is 375. The van der Waals surface area contributed by atoms with Gasteiger partial charge in [0.05, 0.1) is 13.7 Å². The highest BCUT2D eigenvalue weighted by Gasteiger charge is 2.35. The molecule has 1 aliphatic carbocycles. The van der Waals surface area contributed by atoms with Crippen molar-refractivity contribution in [3.05, 3.63) is 29.3 Å². The molecule has 0 fully saturated rings. The minimum absolute atomic E-state index is 0.340. The van der Waals surface area contributed by atoms with Crippen molar-refractivity contribution in [2.45, 2.75) is 24.9 Å². The monoisotopic (exact) mass is 222 g/mol. The van der Waals surface area contributed by atoms with Crippen LogP contribution in [0.5, 0.6) is 5.75 Å². The maximum atomic E-state index is 10.6. The molecule has 1 aromatic rings. The molecule has 0 radical (unpaired) electrons. The fraction of sp³-hybridized carbons (Fsp3) is 0.538. The standard InChI is InChI=1S/C13H18O3/c1-15-9-13(14)8-4-5-10-11(13)6-3-7-12(10)16-2/h3,6-7,14H,4-5,8-9H2,1-2H3. The van der Waals surface area contributed by atoms with Gasteiger partial charge in [-0.1, -0.05) is 12.1 Å². The topological polar surface area (TPSA) is 38.7 Å². The molecule has 0 heterocycles. The lowest BCUT2D eigenvalue weighted by atomic mass is 9.79. The van der Waals surface area contributed by atoms with Crippen LogP contribution in [-0.4, -0.2) is 25.9 Å². The first-order chi connectivity index (χ1) is 7.71. The molecule has 0 aromatic heterocycles. The zero-order valence-electron chi connectivity index (χ0n) is 9.82. The van der Waals surface area contributed by atoms with E-state index in [0.29, 0.717) is 6.61 Å². The van der Waals surface area contributed by atoms with Gasteiger partial charge in [-0.2, -0.15) is 0 Å². The Hall–Kier alpha value is -1.06. The van der Waals surface area contributed by atoms with Gasteiger partial charge < -0.3 is 14.6 Å². The fourth-order valence-electron chi connectivity index (χ4n) is 2.53. The van der Waals surface area contributed by atoms with Gasteiger partial charge in [-0.25, -0.2) is 0 Å². The lowest BCUT2D eigenvalue weighted by Gasteiger charge is -2.34. The van der Waals surface area contributed by atoms with Crippen LogP contribution in [0.15, 0.2) is 18.2 Å². The number of rotatable bonds is 3. The highest BCUT2D eigenvalue weighted by molar-refractivity contribution is 5.44. The lowest BCUT2D eigenvalue weighted by molar-refractivity contribution is -0.0481. The number of ether oxygens (including phenoxy) is 2. The van der Waals surface area contributed by atoms with Crippen molar-refractivity contribution in [2.24, 2.45) is 0 Å². The summed E-state index contributed by atoms with van der Waals surface area (Å²) >= 11 is 0. The summed E-state index contributed by atoms with van der Waals surface area (Å²) in [5.74, 6) is 0.867. The minimum atomic E-state index is -0.850. The van der Waals surface area contributed by atoms with E-state index in [2.05, 4.69) is 0 Å². The van der Waals surface area contributed by atoms with E-state index >= 15 is 0 Å². The maximum Gasteiger partial charge on any atom is 0.122 e. The van der Waals surface area contributed by atoms with Crippen LogP contribution in [0.1, 0.15) is 24.0 Å². The van der Waals surface area contributed by atoms with Crippen molar-refractivity contribution in [3.63, 3.8) is 0 Å². The molecule has 0 saturated heterocycles. The third-order valence-electron chi connectivity index (χ3n) is 3.25. The van der Waals surface area contributed by atoms with Crippen LogP contribution in [0, 0.1) is 0 Å². The van der Waals surface area contributed by atoms with Crippen LogP contribution in [0.4, 0.5) is 0 Å². The summed E-state index contributed by atoms with van der Waals surface area (Å²) < 4.78 is 10.5. The normalized spacial score (nSPS) is 23.9.